The molecule has 1 heterocycles. The average Bonchev–Trinajstić information content (AvgIpc) is 2.69. The fraction of sp³-hybridized carbons (Fsp3) is 0.273. The Morgan fingerprint density at radius 3 is 2.36 bits per heavy atom. The summed E-state index contributed by atoms with van der Waals surface area (Å²) < 4.78 is 11.5. The quantitative estimate of drug-likeness (QED) is 0.563. The van der Waals surface area contributed by atoms with E-state index < -0.39 is 23.5 Å². The topological polar surface area (TPSA) is 52.6 Å². The Balaban J connectivity index is 2.21. The van der Waals surface area contributed by atoms with E-state index in [0.717, 1.165) is 21.2 Å². The molecule has 0 unspecified atom stereocenters. The van der Waals surface area contributed by atoms with Crippen LogP contribution in [0.15, 0.2) is 59.1 Å². The lowest BCUT2D eigenvalue weighted by Gasteiger charge is -2.38. The van der Waals surface area contributed by atoms with Crippen LogP contribution in [0.3, 0.4) is 0 Å². The van der Waals surface area contributed by atoms with Crippen molar-refractivity contribution in [3.8, 4) is 0 Å². The second-order valence-electron chi connectivity index (χ2n) is 6.43. The van der Waals surface area contributed by atoms with Crippen LogP contribution in [0, 0.1) is 0 Å². The van der Waals surface area contributed by atoms with E-state index in [2.05, 4.69) is 15.9 Å². The van der Waals surface area contributed by atoms with E-state index >= 15 is 0 Å². The first-order chi connectivity index (χ1) is 13.4. The lowest BCUT2D eigenvalue weighted by molar-refractivity contribution is -0.167. The molecule has 0 saturated heterocycles. The zero-order valence-corrected chi connectivity index (χ0v) is 17.9. The first-order valence-electron chi connectivity index (χ1n) is 9.04. The molecular weight excluding hydrogens is 444 g/mol. The third-order valence-corrected chi connectivity index (χ3v) is 5.68. The van der Waals surface area contributed by atoms with Crippen molar-refractivity contribution in [2.24, 2.45) is 0 Å². The number of esters is 2. The van der Waals surface area contributed by atoms with Crippen LogP contribution in [0.25, 0.3) is 5.57 Å². The Morgan fingerprint density at radius 1 is 1.14 bits per heavy atom. The molecule has 0 N–H and O–H groups in total. The zero-order chi connectivity index (χ0) is 20.3. The molecule has 0 radical (unpaired) electrons. The van der Waals surface area contributed by atoms with Crippen molar-refractivity contribution in [3.63, 3.8) is 0 Å². The number of carbonyl (C=O) groups is 2. The smallest absolute Gasteiger partial charge is 0.351 e. The Kier molecular flexibility index (Phi) is 6.26. The van der Waals surface area contributed by atoms with E-state index in [1.807, 2.05) is 43.3 Å². The van der Waals surface area contributed by atoms with Gasteiger partial charge >= 0.3 is 11.9 Å². The molecule has 146 valence electrons. The summed E-state index contributed by atoms with van der Waals surface area (Å²) in [6.07, 6.45) is 1.09. The molecule has 2 aromatic carbocycles. The summed E-state index contributed by atoms with van der Waals surface area (Å²) in [5, 5.41) is 0.581. The molecule has 28 heavy (non-hydrogen) atoms. The fourth-order valence-corrected chi connectivity index (χ4v) is 3.90. The monoisotopic (exact) mass is 462 g/mol. The molecule has 2 atom stereocenters. The number of cyclic esters (lactones) is 1. The van der Waals surface area contributed by atoms with E-state index in [1.54, 1.807) is 25.1 Å². The third kappa shape index (κ3) is 3.74. The molecule has 0 fully saturated rings. The normalized spacial score (nSPS) is 21.6. The summed E-state index contributed by atoms with van der Waals surface area (Å²) in [4.78, 5) is 25.6. The van der Waals surface area contributed by atoms with E-state index in [4.69, 9.17) is 21.1 Å². The lowest BCUT2D eigenvalue weighted by atomic mass is 9.68. The van der Waals surface area contributed by atoms with E-state index in [0.29, 0.717) is 11.4 Å². The Bertz CT molecular complexity index is 905. The highest BCUT2D eigenvalue weighted by atomic mass is 79.9. The van der Waals surface area contributed by atoms with Gasteiger partial charge < -0.3 is 9.47 Å². The second-order valence-corrected chi connectivity index (χ2v) is 7.78. The number of hydrogen-bond donors (Lipinski definition) is 0. The Hall–Kier alpha value is -2.11. The predicted octanol–water partition coefficient (Wildman–Crippen LogP) is 5.32. The van der Waals surface area contributed by atoms with Gasteiger partial charge in [0.15, 0.2) is 0 Å². The van der Waals surface area contributed by atoms with Gasteiger partial charge in [-0.15, -0.1) is 0 Å². The summed E-state index contributed by atoms with van der Waals surface area (Å²) in [6.45, 7) is 3.85. The minimum atomic E-state index is -1.07. The van der Waals surface area contributed by atoms with Crippen molar-refractivity contribution in [3.05, 3.63) is 75.2 Å². The van der Waals surface area contributed by atoms with Crippen molar-refractivity contribution in [1.29, 1.82) is 0 Å². The highest BCUT2D eigenvalue weighted by molar-refractivity contribution is 9.10. The second kappa shape index (κ2) is 8.50. The largest absolute Gasteiger partial charge is 0.463 e. The maximum atomic E-state index is 13.3. The van der Waals surface area contributed by atoms with Gasteiger partial charge in [0.2, 0.25) is 6.10 Å². The van der Waals surface area contributed by atoms with Crippen LogP contribution in [0.4, 0.5) is 0 Å². The molecule has 0 bridgehead atoms. The molecular formula is C22H20BrClO4. The maximum absolute atomic E-state index is 13.3. The molecule has 0 amide bonds. The van der Waals surface area contributed by atoms with Crippen molar-refractivity contribution in [2.45, 2.75) is 31.8 Å². The molecule has 0 spiro atoms. The highest BCUT2D eigenvalue weighted by Gasteiger charge is 2.49. The molecule has 1 aliphatic rings. The van der Waals surface area contributed by atoms with E-state index in [9.17, 15) is 9.59 Å². The standard InChI is InChI=1S/C22H20BrClO4/c1-3-22(15-7-11-17(24)12-8-15)18(14-5-9-16(23)10-6-14)13-19(28-21(22)26)20(25)27-4-2/h5-13,19H,3-4H2,1-2H3/t19-,22+/m1/s1. The lowest BCUT2D eigenvalue weighted by Crippen LogP contribution is -2.46. The number of benzene rings is 2. The van der Waals surface area contributed by atoms with Crippen molar-refractivity contribution >= 4 is 45.0 Å². The summed E-state index contributed by atoms with van der Waals surface area (Å²) in [6, 6.07) is 14.8. The first-order valence-corrected chi connectivity index (χ1v) is 10.2. The molecule has 0 aromatic heterocycles. The minimum absolute atomic E-state index is 0.213. The Labute approximate surface area is 177 Å². The number of rotatable bonds is 5. The van der Waals surface area contributed by atoms with Gasteiger partial charge in [-0.05, 0) is 60.4 Å². The summed E-state index contributed by atoms with van der Waals surface area (Å²) in [7, 11) is 0. The Morgan fingerprint density at radius 2 is 1.79 bits per heavy atom. The average molecular weight is 464 g/mol. The summed E-state index contributed by atoms with van der Waals surface area (Å²) in [5.41, 5.74) is 1.28. The molecule has 2 aromatic rings. The minimum Gasteiger partial charge on any atom is -0.463 e. The van der Waals surface area contributed by atoms with Crippen molar-refractivity contribution in [2.75, 3.05) is 6.61 Å². The van der Waals surface area contributed by atoms with Crippen molar-refractivity contribution < 1.29 is 19.1 Å². The van der Waals surface area contributed by atoms with Crippen molar-refractivity contribution in [1.82, 2.24) is 0 Å². The van der Waals surface area contributed by atoms with Crippen LogP contribution >= 0.6 is 27.5 Å². The molecule has 1 aliphatic heterocycles. The van der Waals surface area contributed by atoms with Crippen LogP contribution in [0.1, 0.15) is 31.4 Å². The van der Waals surface area contributed by atoms with Gasteiger partial charge in [-0.3, -0.25) is 4.79 Å². The van der Waals surface area contributed by atoms with Crippen LogP contribution in [0.2, 0.25) is 5.02 Å². The summed E-state index contributed by atoms with van der Waals surface area (Å²) >= 11 is 9.48. The number of hydrogen-bond acceptors (Lipinski definition) is 4. The number of carbonyl (C=O) groups excluding carboxylic acids is 2. The van der Waals surface area contributed by atoms with Gasteiger partial charge in [-0.1, -0.05) is 58.7 Å². The maximum Gasteiger partial charge on any atom is 0.351 e. The van der Waals surface area contributed by atoms with Gasteiger partial charge in [-0.2, -0.15) is 0 Å². The third-order valence-electron chi connectivity index (χ3n) is 4.90. The molecule has 0 aliphatic carbocycles. The predicted molar refractivity (Wildman–Crippen MR) is 112 cm³/mol. The fourth-order valence-electron chi connectivity index (χ4n) is 3.51. The number of halogens is 2. The summed E-state index contributed by atoms with van der Waals surface area (Å²) in [5.74, 6) is -1.05. The van der Waals surface area contributed by atoms with Crippen LogP contribution in [-0.2, 0) is 24.5 Å². The van der Waals surface area contributed by atoms with E-state index in [1.165, 1.54) is 0 Å². The van der Waals surface area contributed by atoms with Gasteiger partial charge in [0.25, 0.3) is 0 Å². The highest BCUT2D eigenvalue weighted by Crippen LogP contribution is 2.46. The molecule has 0 saturated carbocycles. The van der Waals surface area contributed by atoms with Crippen LogP contribution in [0.5, 0.6) is 0 Å². The molecule has 6 heteroatoms. The molecule has 4 nitrogen and oxygen atoms in total. The zero-order valence-electron chi connectivity index (χ0n) is 15.6. The van der Waals surface area contributed by atoms with Gasteiger partial charge in [0, 0.05) is 9.50 Å². The van der Waals surface area contributed by atoms with Gasteiger partial charge in [-0.25, -0.2) is 4.79 Å². The number of ether oxygens (including phenoxy) is 2. The molecule has 3 rings (SSSR count). The SMILES string of the molecule is CCOC(=O)[C@H]1C=C(c2ccc(Br)cc2)[C@](CC)(c2ccc(Cl)cc2)C(=O)O1. The van der Waals surface area contributed by atoms with E-state index in [-0.39, 0.29) is 6.61 Å². The first kappa shape index (κ1) is 20.6. The van der Waals surface area contributed by atoms with Gasteiger partial charge in [0.1, 0.15) is 5.41 Å². The van der Waals surface area contributed by atoms with Crippen LogP contribution in [-0.4, -0.2) is 24.6 Å². The van der Waals surface area contributed by atoms with Gasteiger partial charge in [0.05, 0.1) is 6.61 Å². The van der Waals surface area contributed by atoms with Crippen LogP contribution < -0.4 is 0 Å².